The van der Waals surface area contributed by atoms with Crippen molar-refractivity contribution in [3.63, 3.8) is 0 Å². The molecule has 1 aliphatic rings. The average Bonchev–Trinajstić information content (AvgIpc) is 2.08. The zero-order chi connectivity index (χ0) is 10.7. The molecule has 1 fully saturated rings. The highest BCUT2D eigenvalue weighted by Crippen LogP contribution is 2.20. The van der Waals surface area contributed by atoms with Crippen LogP contribution in [0.5, 0.6) is 0 Å². The van der Waals surface area contributed by atoms with Crippen molar-refractivity contribution in [2.45, 2.75) is 44.8 Å². The van der Waals surface area contributed by atoms with Crippen molar-refractivity contribution in [3.05, 3.63) is 0 Å². The third-order valence-electron chi connectivity index (χ3n) is 2.25. The first kappa shape index (κ1) is 11.4. The van der Waals surface area contributed by atoms with Crippen molar-refractivity contribution in [3.8, 4) is 0 Å². The molecule has 0 aliphatic carbocycles. The number of aliphatic hydroxyl groups excluding tert-OH is 1. The van der Waals surface area contributed by atoms with Crippen LogP contribution in [0.3, 0.4) is 0 Å². The molecule has 82 valence electrons. The summed E-state index contributed by atoms with van der Waals surface area (Å²) in [6, 6.07) is -0.478. The number of carbonyl (C=O) groups is 1. The first-order valence-electron chi connectivity index (χ1n) is 4.68. The molecule has 14 heavy (non-hydrogen) atoms. The maximum atomic E-state index is 10.9. The van der Waals surface area contributed by atoms with Crippen LogP contribution < -0.4 is 5.32 Å². The monoisotopic (exact) mass is 203 g/mol. The Bertz CT molecular complexity index is 209. The van der Waals surface area contributed by atoms with Crippen LogP contribution in [0.4, 0.5) is 0 Å². The number of aliphatic hydroxyl groups is 1. The molecule has 4 atom stereocenters. The number of rotatable bonds is 2. The Labute approximate surface area is 83.4 Å². The third-order valence-corrected chi connectivity index (χ3v) is 2.25. The standard InChI is InChI=1S/C9H17NO4/c1-5-4-7(12)8(10-6(2)11)9(13-3)14-5/h5,7-9,12H,4H2,1-3H3,(H,10,11)/t5-,7+,8+,9+/m1/s1. The zero-order valence-corrected chi connectivity index (χ0v) is 8.69. The molecule has 0 unspecified atom stereocenters. The average molecular weight is 203 g/mol. The topological polar surface area (TPSA) is 67.8 Å². The van der Waals surface area contributed by atoms with Crippen LogP contribution in [-0.4, -0.2) is 42.7 Å². The lowest BCUT2D eigenvalue weighted by Crippen LogP contribution is -2.56. The largest absolute Gasteiger partial charge is 0.391 e. The molecule has 0 saturated carbocycles. The number of hydrogen-bond acceptors (Lipinski definition) is 4. The smallest absolute Gasteiger partial charge is 0.217 e. The number of nitrogens with one attached hydrogen (secondary N) is 1. The molecule has 0 spiro atoms. The van der Waals surface area contributed by atoms with E-state index < -0.39 is 18.4 Å². The van der Waals surface area contributed by atoms with Gasteiger partial charge in [0.15, 0.2) is 6.29 Å². The first-order valence-corrected chi connectivity index (χ1v) is 4.68. The molecule has 0 aromatic heterocycles. The van der Waals surface area contributed by atoms with Gasteiger partial charge in [0.1, 0.15) is 6.04 Å². The number of hydrogen-bond donors (Lipinski definition) is 2. The van der Waals surface area contributed by atoms with Crippen molar-refractivity contribution in [2.75, 3.05) is 7.11 Å². The molecule has 0 radical (unpaired) electrons. The lowest BCUT2D eigenvalue weighted by atomic mass is 10.0. The van der Waals surface area contributed by atoms with Crippen molar-refractivity contribution in [1.82, 2.24) is 5.32 Å². The van der Waals surface area contributed by atoms with Gasteiger partial charge in [0.2, 0.25) is 5.91 Å². The predicted molar refractivity (Wildman–Crippen MR) is 49.6 cm³/mol. The van der Waals surface area contributed by atoms with Gasteiger partial charge < -0.3 is 19.9 Å². The lowest BCUT2D eigenvalue weighted by Gasteiger charge is -2.37. The SMILES string of the molecule is CO[C@H]1O[C@H](C)C[C@H](O)[C@@H]1NC(C)=O. The fraction of sp³-hybridized carbons (Fsp3) is 0.889. The van der Waals surface area contributed by atoms with Crippen LogP contribution in [-0.2, 0) is 14.3 Å². The molecule has 1 saturated heterocycles. The Morgan fingerprint density at radius 1 is 1.64 bits per heavy atom. The molecule has 0 bridgehead atoms. The van der Waals surface area contributed by atoms with Crippen LogP contribution >= 0.6 is 0 Å². The fourth-order valence-corrected chi connectivity index (χ4v) is 1.64. The highest BCUT2D eigenvalue weighted by atomic mass is 16.7. The van der Waals surface area contributed by atoms with E-state index in [1.807, 2.05) is 6.92 Å². The first-order chi connectivity index (χ1) is 6.54. The molecular formula is C9H17NO4. The quantitative estimate of drug-likeness (QED) is 0.642. The van der Waals surface area contributed by atoms with Crippen LogP contribution in [0.15, 0.2) is 0 Å². The minimum absolute atomic E-state index is 0.0556. The van der Waals surface area contributed by atoms with E-state index in [0.29, 0.717) is 6.42 Å². The van der Waals surface area contributed by atoms with Crippen molar-refractivity contribution >= 4 is 5.91 Å². The summed E-state index contributed by atoms with van der Waals surface area (Å²) in [7, 11) is 1.49. The van der Waals surface area contributed by atoms with Crippen LogP contribution in [0.2, 0.25) is 0 Å². The van der Waals surface area contributed by atoms with Crippen molar-refractivity contribution < 1.29 is 19.4 Å². The van der Waals surface area contributed by atoms with Gasteiger partial charge in [0.05, 0.1) is 12.2 Å². The van der Waals surface area contributed by atoms with E-state index in [4.69, 9.17) is 9.47 Å². The summed E-state index contributed by atoms with van der Waals surface area (Å²) in [5, 5.41) is 12.3. The maximum Gasteiger partial charge on any atom is 0.217 e. The summed E-state index contributed by atoms with van der Waals surface area (Å²) in [6.45, 7) is 3.26. The molecule has 1 rings (SSSR count). The van der Waals surface area contributed by atoms with Gasteiger partial charge in [-0.05, 0) is 6.92 Å². The second-order valence-corrected chi connectivity index (χ2v) is 3.58. The van der Waals surface area contributed by atoms with Crippen molar-refractivity contribution in [1.29, 1.82) is 0 Å². The number of methoxy groups -OCH3 is 1. The molecule has 2 N–H and O–H groups in total. The maximum absolute atomic E-state index is 10.9. The number of carbonyl (C=O) groups excluding carboxylic acids is 1. The van der Waals surface area contributed by atoms with Crippen LogP contribution in [0.1, 0.15) is 20.3 Å². The summed E-state index contributed by atoms with van der Waals surface area (Å²) in [5.41, 5.74) is 0. The van der Waals surface area contributed by atoms with E-state index in [0.717, 1.165) is 0 Å². The summed E-state index contributed by atoms with van der Waals surface area (Å²) < 4.78 is 10.5. The van der Waals surface area contributed by atoms with Gasteiger partial charge in [-0.15, -0.1) is 0 Å². The van der Waals surface area contributed by atoms with E-state index in [-0.39, 0.29) is 12.0 Å². The van der Waals surface area contributed by atoms with Gasteiger partial charge in [-0.25, -0.2) is 0 Å². The Balaban J connectivity index is 2.63. The molecular weight excluding hydrogens is 186 g/mol. The van der Waals surface area contributed by atoms with Gasteiger partial charge in [-0.2, -0.15) is 0 Å². The van der Waals surface area contributed by atoms with Gasteiger partial charge in [-0.3, -0.25) is 4.79 Å². The Hall–Kier alpha value is -0.650. The second-order valence-electron chi connectivity index (χ2n) is 3.58. The molecule has 1 aliphatic heterocycles. The van der Waals surface area contributed by atoms with Gasteiger partial charge in [0, 0.05) is 20.5 Å². The van der Waals surface area contributed by atoms with Crippen molar-refractivity contribution in [2.24, 2.45) is 0 Å². The summed E-state index contributed by atoms with van der Waals surface area (Å²) in [5.74, 6) is -0.200. The molecule has 0 aromatic rings. The fourth-order valence-electron chi connectivity index (χ4n) is 1.64. The van der Waals surface area contributed by atoms with E-state index in [1.54, 1.807) is 0 Å². The van der Waals surface area contributed by atoms with E-state index >= 15 is 0 Å². The Kier molecular flexibility index (Phi) is 3.86. The summed E-state index contributed by atoms with van der Waals surface area (Å²) >= 11 is 0. The molecule has 1 heterocycles. The molecule has 5 heteroatoms. The van der Waals surface area contributed by atoms with E-state index in [9.17, 15) is 9.90 Å². The Morgan fingerprint density at radius 2 is 2.29 bits per heavy atom. The summed E-state index contributed by atoms with van der Waals surface area (Å²) in [6.07, 6.45) is -0.740. The second kappa shape index (κ2) is 4.72. The van der Waals surface area contributed by atoms with Gasteiger partial charge in [-0.1, -0.05) is 0 Å². The van der Waals surface area contributed by atoms with E-state index in [1.165, 1.54) is 14.0 Å². The minimum Gasteiger partial charge on any atom is -0.391 e. The third kappa shape index (κ3) is 2.67. The predicted octanol–water partition coefficient (Wildman–Crippen LogP) is -0.367. The molecule has 1 amide bonds. The van der Waals surface area contributed by atoms with Crippen LogP contribution in [0, 0.1) is 0 Å². The molecule has 0 aromatic carbocycles. The number of ether oxygens (including phenoxy) is 2. The summed E-state index contributed by atoms with van der Waals surface area (Å²) in [4.78, 5) is 10.9. The van der Waals surface area contributed by atoms with Gasteiger partial charge >= 0.3 is 0 Å². The normalized spacial score (nSPS) is 38.0. The van der Waals surface area contributed by atoms with E-state index in [2.05, 4.69) is 5.32 Å². The highest BCUT2D eigenvalue weighted by Gasteiger charge is 2.36. The molecule has 5 nitrogen and oxygen atoms in total. The number of amides is 1. The zero-order valence-electron chi connectivity index (χ0n) is 8.69. The highest BCUT2D eigenvalue weighted by molar-refractivity contribution is 5.73. The Morgan fingerprint density at radius 3 is 2.79 bits per heavy atom. The van der Waals surface area contributed by atoms with Gasteiger partial charge in [0.25, 0.3) is 0 Å². The van der Waals surface area contributed by atoms with Crippen LogP contribution in [0.25, 0.3) is 0 Å². The minimum atomic E-state index is -0.618. The lowest BCUT2D eigenvalue weighted by molar-refractivity contribution is -0.216.